The van der Waals surface area contributed by atoms with Crippen molar-refractivity contribution in [3.63, 3.8) is 0 Å². The molecule has 7 heteroatoms. The predicted octanol–water partition coefficient (Wildman–Crippen LogP) is 4.02. The van der Waals surface area contributed by atoms with E-state index in [1.165, 1.54) is 0 Å². The summed E-state index contributed by atoms with van der Waals surface area (Å²) < 4.78 is 41.4. The SMILES string of the molecule is CC(C)(C)[S@@+]([O-])/N=C/[C@H](F)[C@H](OCc1ccccc1)C(O)COCc1ccccc1. The average molecular weight is 436 g/mol. The first kappa shape index (κ1) is 24.5. The second-order valence-corrected chi connectivity index (χ2v) is 9.82. The van der Waals surface area contributed by atoms with E-state index in [0.29, 0.717) is 6.61 Å². The van der Waals surface area contributed by atoms with E-state index in [9.17, 15) is 14.0 Å². The molecule has 2 aromatic carbocycles. The first-order valence-corrected chi connectivity index (χ1v) is 10.9. The van der Waals surface area contributed by atoms with Gasteiger partial charge in [-0.25, -0.2) is 4.39 Å². The Morgan fingerprint density at radius 2 is 1.57 bits per heavy atom. The van der Waals surface area contributed by atoms with Gasteiger partial charge in [0.2, 0.25) is 0 Å². The van der Waals surface area contributed by atoms with Gasteiger partial charge in [0.25, 0.3) is 0 Å². The van der Waals surface area contributed by atoms with E-state index in [2.05, 4.69) is 4.40 Å². The molecule has 164 valence electrons. The molecular weight excluding hydrogens is 405 g/mol. The van der Waals surface area contributed by atoms with Crippen molar-refractivity contribution in [2.24, 2.45) is 4.40 Å². The fraction of sp³-hybridized carbons (Fsp3) is 0.435. The number of nitrogens with zero attached hydrogens (tertiary/aromatic N) is 1. The number of aliphatic hydroxyl groups excluding tert-OH is 1. The maximum Gasteiger partial charge on any atom is 0.168 e. The summed E-state index contributed by atoms with van der Waals surface area (Å²) in [6.07, 6.45) is -3.21. The molecule has 0 amide bonds. The second-order valence-electron chi connectivity index (χ2n) is 7.89. The largest absolute Gasteiger partial charge is 0.591 e. The lowest BCUT2D eigenvalue weighted by atomic mass is 10.1. The highest BCUT2D eigenvalue weighted by Crippen LogP contribution is 2.18. The molecule has 0 bridgehead atoms. The standard InChI is InChI=1S/C23H30FNO4S/c1-23(2,3)30(27)25-14-20(24)22(29-16-19-12-8-5-9-13-19)21(26)17-28-15-18-10-6-4-7-11-18/h4-14,20-22,26H,15-17H2,1-3H3/b25-14+/t20-,21?,22-,30+/m0/s1. The topological polar surface area (TPSA) is 74.1 Å². The number of hydrogen-bond acceptors (Lipinski definition) is 5. The van der Waals surface area contributed by atoms with Crippen molar-refractivity contribution in [1.29, 1.82) is 0 Å². The Morgan fingerprint density at radius 1 is 1.03 bits per heavy atom. The molecule has 5 nitrogen and oxygen atoms in total. The number of benzene rings is 2. The molecule has 0 heterocycles. The van der Waals surface area contributed by atoms with Crippen LogP contribution in [0, 0.1) is 0 Å². The summed E-state index contributed by atoms with van der Waals surface area (Å²) in [5, 5.41) is 10.5. The highest BCUT2D eigenvalue weighted by atomic mass is 32.2. The van der Waals surface area contributed by atoms with Gasteiger partial charge in [-0.3, -0.25) is 0 Å². The van der Waals surface area contributed by atoms with Crippen LogP contribution in [0.3, 0.4) is 0 Å². The van der Waals surface area contributed by atoms with Gasteiger partial charge in [-0.05, 0) is 31.9 Å². The third-order valence-electron chi connectivity index (χ3n) is 4.20. The minimum Gasteiger partial charge on any atom is -0.591 e. The molecule has 30 heavy (non-hydrogen) atoms. The maximum absolute atomic E-state index is 14.9. The summed E-state index contributed by atoms with van der Waals surface area (Å²) in [7, 11) is 0. The fourth-order valence-corrected chi connectivity index (χ4v) is 3.05. The molecule has 2 rings (SSSR count). The van der Waals surface area contributed by atoms with E-state index in [1.807, 2.05) is 60.7 Å². The van der Waals surface area contributed by atoms with Gasteiger partial charge in [-0.1, -0.05) is 65.1 Å². The first-order valence-electron chi connectivity index (χ1n) is 9.83. The van der Waals surface area contributed by atoms with E-state index >= 15 is 0 Å². The monoisotopic (exact) mass is 435 g/mol. The van der Waals surface area contributed by atoms with E-state index in [-0.39, 0.29) is 13.2 Å². The van der Waals surface area contributed by atoms with Crippen LogP contribution in [0.15, 0.2) is 65.1 Å². The highest BCUT2D eigenvalue weighted by Gasteiger charge is 2.31. The Kier molecular flexibility index (Phi) is 9.94. The number of aliphatic hydroxyl groups is 1. The Balaban J connectivity index is 2.00. The van der Waals surface area contributed by atoms with Gasteiger partial charge in [0.15, 0.2) is 6.17 Å². The van der Waals surface area contributed by atoms with Crippen LogP contribution in [-0.2, 0) is 34.0 Å². The summed E-state index contributed by atoms with van der Waals surface area (Å²) in [6.45, 7) is 5.57. The molecule has 2 aromatic rings. The van der Waals surface area contributed by atoms with E-state index in [4.69, 9.17) is 9.47 Å². The number of hydrogen-bond donors (Lipinski definition) is 1. The number of ether oxygens (including phenoxy) is 2. The third kappa shape index (κ3) is 8.53. The Morgan fingerprint density at radius 3 is 2.10 bits per heavy atom. The Bertz CT molecular complexity index is 755. The lowest BCUT2D eigenvalue weighted by Crippen LogP contribution is -2.41. The van der Waals surface area contributed by atoms with Crippen molar-refractivity contribution in [3.05, 3.63) is 71.8 Å². The minimum atomic E-state index is -1.74. The number of rotatable bonds is 11. The average Bonchev–Trinajstić information content (AvgIpc) is 2.73. The van der Waals surface area contributed by atoms with Gasteiger partial charge < -0.3 is 19.1 Å². The van der Waals surface area contributed by atoms with Crippen LogP contribution in [0.4, 0.5) is 4.39 Å². The first-order chi connectivity index (χ1) is 14.3. The van der Waals surface area contributed by atoms with Crippen molar-refractivity contribution in [2.75, 3.05) is 6.61 Å². The van der Waals surface area contributed by atoms with Crippen LogP contribution in [0.25, 0.3) is 0 Å². The fourth-order valence-electron chi connectivity index (χ4n) is 2.50. The summed E-state index contributed by atoms with van der Waals surface area (Å²) in [6, 6.07) is 18.8. The lowest BCUT2D eigenvalue weighted by molar-refractivity contribution is -0.0971. The third-order valence-corrected chi connectivity index (χ3v) is 5.56. The molecule has 0 aliphatic carbocycles. The van der Waals surface area contributed by atoms with Crippen molar-refractivity contribution in [2.45, 2.75) is 57.1 Å². The molecule has 0 saturated heterocycles. The summed E-state index contributed by atoms with van der Waals surface area (Å²) in [5.41, 5.74) is 1.80. The number of alkyl halides is 1. The van der Waals surface area contributed by atoms with Gasteiger partial charge in [0.1, 0.15) is 28.3 Å². The van der Waals surface area contributed by atoms with Crippen molar-refractivity contribution < 1.29 is 23.5 Å². The van der Waals surface area contributed by atoms with Crippen LogP contribution in [0.5, 0.6) is 0 Å². The quantitative estimate of drug-likeness (QED) is 0.427. The van der Waals surface area contributed by atoms with Crippen molar-refractivity contribution in [3.8, 4) is 0 Å². The van der Waals surface area contributed by atoms with E-state index in [1.54, 1.807) is 20.8 Å². The Labute approximate surface area is 181 Å². The zero-order chi connectivity index (χ0) is 22.0. The summed E-state index contributed by atoms with van der Waals surface area (Å²) in [5.74, 6) is 0. The molecule has 4 atom stereocenters. The molecule has 0 saturated carbocycles. The zero-order valence-electron chi connectivity index (χ0n) is 17.6. The van der Waals surface area contributed by atoms with Crippen LogP contribution in [-0.4, -0.2) is 45.6 Å². The predicted molar refractivity (Wildman–Crippen MR) is 118 cm³/mol. The molecule has 0 aliphatic heterocycles. The van der Waals surface area contributed by atoms with Gasteiger partial charge >= 0.3 is 0 Å². The maximum atomic E-state index is 14.9. The van der Waals surface area contributed by atoms with Gasteiger partial charge in [0.05, 0.1) is 26.0 Å². The molecule has 1 unspecified atom stereocenters. The van der Waals surface area contributed by atoms with Gasteiger partial charge in [0, 0.05) is 0 Å². The normalized spacial score (nSPS) is 16.3. The lowest BCUT2D eigenvalue weighted by Gasteiger charge is -2.25. The van der Waals surface area contributed by atoms with Crippen LogP contribution in [0.1, 0.15) is 31.9 Å². The molecular formula is C23H30FNO4S. The van der Waals surface area contributed by atoms with Crippen LogP contribution < -0.4 is 0 Å². The smallest absolute Gasteiger partial charge is 0.168 e. The Hall–Kier alpha value is -1.77. The van der Waals surface area contributed by atoms with Gasteiger partial charge in [-0.15, -0.1) is 0 Å². The zero-order valence-corrected chi connectivity index (χ0v) is 18.4. The highest BCUT2D eigenvalue weighted by molar-refractivity contribution is 7.91. The summed E-state index contributed by atoms with van der Waals surface area (Å²) >= 11 is -1.60. The van der Waals surface area contributed by atoms with Gasteiger partial charge in [-0.2, -0.15) is 0 Å². The number of halogens is 1. The second kappa shape index (κ2) is 12.2. The summed E-state index contributed by atoms with van der Waals surface area (Å²) in [4.78, 5) is 0. The molecule has 0 fully saturated rings. The minimum absolute atomic E-state index is 0.106. The molecule has 0 aromatic heterocycles. The molecule has 0 radical (unpaired) electrons. The van der Waals surface area contributed by atoms with Crippen LogP contribution >= 0.6 is 0 Å². The van der Waals surface area contributed by atoms with Crippen molar-refractivity contribution >= 4 is 17.6 Å². The molecule has 1 N–H and O–H groups in total. The van der Waals surface area contributed by atoms with Crippen molar-refractivity contribution in [1.82, 2.24) is 0 Å². The van der Waals surface area contributed by atoms with Crippen LogP contribution in [0.2, 0.25) is 0 Å². The van der Waals surface area contributed by atoms with E-state index in [0.717, 1.165) is 17.3 Å². The molecule has 0 aliphatic rings. The molecule has 0 spiro atoms. The van der Waals surface area contributed by atoms with E-state index < -0.39 is 34.5 Å².